The second kappa shape index (κ2) is 11.0. The third-order valence-corrected chi connectivity index (χ3v) is 6.01. The number of benzene rings is 2. The third kappa shape index (κ3) is 5.92. The van der Waals surface area contributed by atoms with Crippen LogP contribution in [0.2, 0.25) is 0 Å². The second-order valence-corrected chi connectivity index (χ2v) is 8.62. The fourth-order valence-corrected chi connectivity index (χ4v) is 4.24. The predicted molar refractivity (Wildman–Crippen MR) is 125 cm³/mol. The summed E-state index contributed by atoms with van der Waals surface area (Å²) in [5, 5.41) is 9.85. The van der Waals surface area contributed by atoms with Crippen LogP contribution in [0.3, 0.4) is 0 Å². The van der Waals surface area contributed by atoms with Gasteiger partial charge in [-0.15, -0.1) is 0 Å². The standard InChI is InChI=1S/C26H32N2O5/c1-4-33-25(31)22(14-19-10-6-5-7-11-19)17-27(18(2)3)26(32)28-16-21-13-9-8-12-20(21)15-23(28)24(29)30/h5-13,18,22-23H,4,14-17H2,1-3H3,(H,29,30)/t22-,23+/m1/s1. The number of ether oxygens (including phenoxy) is 1. The first-order chi connectivity index (χ1) is 15.8. The highest BCUT2D eigenvalue weighted by atomic mass is 16.5. The molecule has 1 heterocycles. The Morgan fingerprint density at radius 3 is 2.30 bits per heavy atom. The molecule has 0 aliphatic carbocycles. The predicted octanol–water partition coefficient (Wildman–Crippen LogP) is 3.75. The maximum absolute atomic E-state index is 13.7. The molecule has 1 N–H and O–H groups in total. The van der Waals surface area contributed by atoms with E-state index in [1.54, 1.807) is 11.8 Å². The van der Waals surface area contributed by atoms with Crippen LogP contribution in [0, 0.1) is 5.92 Å². The van der Waals surface area contributed by atoms with Gasteiger partial charge in [0.25, 0.3) is 0 Å². The van der Waals surface area contributed by atoms with Crippen molar-refractivity contribution in [2.45, 2.75) is 52.2 Å². The number of rotatable bonds is 8. The summed E-state index contributed by atoms with van der Waals surface area (Å²) >= 11 is 0. The van der Waals surface area contributed by atoms with E-state index in [0.29, 0.717) is 6.42 Å². The van der Waals surface area contributed by atoms with Gasteiger partial charge in [0, 0.05) is 25.6 Å². The molecule has 0 aromatic heterocycles. The van der Waals surface area contributed by atoms with Gasteiger partial charge in [-0.2, -0.15) is 0 Å². The van der Waals surface area contributed by atoms with Crippen LogP contribution in [0.15, 0.2) is 54.6 Å². The zero-order valence-corrected chi connectivity index (χ0v) is 19.4. The highest BCUT2D eigenvalue weighted by molar-refractivity contribution is 5.84. The van der Waals surface area contributed by atoms with Gasteiger partial charge >= 0.3 is 18.0 Å². The van der Waals surface area contributed by atoms with Gasteiger partial charge in [-0.1, -0.05) is 54.6 Å². The van der Waals surface area contributed by atoms with E-state index in [1.807, 2.05) is 68.4 Å². The summed E-state index contributed by atoms with van der Waals surface area (Å²) in [7, 11) is 0. The Balaban J connectivity index is 1.86. The molecule has 7 heteroatoms. The van der Waals surface area contributed by atoms with Crippen LogP contribution in [0.1, 0.15) is 37.5 Å². The lowest BCUT2D eigenvalue weighted by Gasteiger charge is -2.40. The Kier molecular flexibility index (Phi) is 8.09. The zero-order chi connectivity index (χ0) is 24.0. The number of carboxylic acids is 1. The number of nitrogens with zero attached hydrogens (tertiary/aromatic N) is 2. The molecule has 0 fully saturated rings. The van der Waals surface area contributed by atoms with E-state index in [0.717, 1.165) is 16.7 Å². The first-order valence-electron chi connectivity index (χ1n) is 11.4. The van der Waals surface area contributed by atoms with E-state index >= 15 is 0 Å². The molecule has 0 unspecified atom stereocenters. The van der Waals surface area contributed by atoms with Gasteiger partial charge in [-0.25, -0.2) is 9.59 Å². The molecular weight excluding hydrogens is 420 g/mol. The van der Waals surface area contributed by atoms with Gasteiger partial charge in [0.15, 0.2) is 0 Å². The first kappa shape index (κ1) is 24.3. The molecule has 2 aromatic carbocycles. The van der Waals surface area contributed by atoms with Crippen molar-refractivity contribution < 1.29 is 24.2 Å². The summed E-state index contributed by atoms with van der Waals surface area (Å²) < 4.78 is 5.30. The number of urea groups is 1. The van der Waals surface area contributed by atoms with Crippen molar-refractivity contribution in [3.05, 3.63) is 71.3 Å². The van der Waals surface area contributed by atoms with Crippen molar-refractivity contribution in [2.24, 2.45) is 5.92 Å². The van der Waals surface area contributed by atoms with Crippen LogP contribution >= 0.6 is 0 Å². The van der Waals surface area contributed by atoms with Gasteiger partial charge in [0.05, 0.1) is 12.5 Å². The fourth-order valence-electron chi connectivity index (χ4n) is 4.24. The van der Waals surface area contributed by atoms with Crippen molar-refractivity contribution in [1.29, 1.82) is 0 Å². The summed E-state index contributed by atoms with van der Waals surface area (Å²) in [6.45, 7) is 6.12. The Hall–Kier alpha value is -3.35. The van der Waals surface area contributed by atoms with E-state index < -0.39 is 17.9 Å². The summed E-state index contributed by atoms with van der Waals surface area (Å²) in [6, 6.07) is 15.6. The number of amides is 2. The topological polar surface area (TPSA) is 87.2 Å². The summed E-state index contributed by atoms with van der Waals surface area (Å²) in [5.74, 6) is -1.95. The second-order valence-electron chi connectivity index (χ2n) is 8.62. The molecule has 2 aromatic rings. The molecule has 0 saturated heterocycles. The van der Waals surface area contributed by atoms with E-state index in [9.17, 15) is 19.5 Å². The molecule has 7 nitrogen and oxygen atoms in total. The van der Waals surface area contributed by atoms with Crippen LogP contribution in [0.5, 0.6) is 0 Å². The molecule has 1 aliphatic heterocycles. The average molecular weight is 453 g/mol. The van der Waals surface area contributed by atoms with Crippen molar-refractivity contribution in [1.82, 2.24) is 9.80 Å². The molecule has 176 valence electrons. The lowest BCUT2D eigenvalue weighted by Crippen LogP contribution is -2.56. The van der Waals surface area contributed by atoms with Gasteiger partial charge < -0.3 is 19.6 Å². The minimum absolute atomic E-state index is 0.148. The minimum Gasteiger partial charge on any atom is -0.480 e. The number of carboxylic acid groups (broad SMARTS) is 1. The van der Waals surface area contributed by atoms with Gasteiger partial charge in [-0.05, 0) is 43.9 Å². The van der Waals surface area contributed by atoms with E-state index in [1.165, 1.54) is 4.90 Å². The van der Waals surface area contributed by atoms with E-state index in [-0.39, 0.29) is 44.2 Å². The fraction of sp³-hybridized carbons (Fsp3) is 0.423. The average Bonchev–Trinajstić information content (AvgIpc) is 2.81. The van der Waals surface area contributed by atoms with Crippen molar-refractivity contribution >= 4 is 18.0 Å². The van der Waals surface area contributed by atoms with Crippen molar-refractivity contribution in [3.63, 3.8) is 0 Å². The SMILES string of the molecule is CCOC(=O)[C@H](Cc1ccccc1)CN(C(=O)N1Cc2ccccc2C[C@H]1C(=O)O)C(C)C. The number of carbonyl (C=O) groups excluding carboxylic acids is 2. The number of esters is 1. The van der Waals surface area contributed by atoms with Gasteiger partial charge in [0.1, 0.15) is 6.04 Å². The Morgan fingerprint density at radius 1 is 1.06 bits per heavy atom. The largest absolute Gasteiger partial charge is 0.480 e. The smallest absolute Gasteiger partial charge is 0.326 e. The van der Waals surface area contributed by atoms with Crippen LogP contribution in [0.25, 0.3) is 0 Å². The first-order valence-corrected chi connectivity index (χ1v) is 11.4. The quantitative estimate of drug-likeness (QED) is 0.617. The Labute approximate surface area is 195 Å². The molecule has 2 amide bonds. The Bertz CT molecular complexity index is 976. The van der Waals surface area contributed by atoms with E-state index in [4.69, 9.17) is 4.74 Å². The molecule has 3 rings (SSSR count). The molecule has 1 aliphatic rings. The number of fused-ring (bicyclic) bond motifs is 1. The van der Waals surface area contributed by atoms with Crippen molar-refractivity contribution in [3.8, 4) is 0 Å². The summed E-state index contributed by atoms with van der Waals surface area (Å²) in [5.41, 5.74) is 2.86. The maximum Gasteiger partial charge on any atom is 0.326 e. The van der Waals surface area contributed by atoms with Crippen LogP contribution < -0.4 is 0 Å². The number of hydrogen-bond donors (Lipinski definition) is 1. The van der Waals surface area contributed by atoms with Crippen molar-refractivity contribution in [2.75, 3.05) is 13.2 Å². The molecule has 33 heavy (non-hydrogen) atoms. The van der Waals surface area contributed by atoms with Crippen LogP contribution in [-0.2, 0) is 33.7 Å². The number of hydrogen-bond acceptors (Lipinski definition) is 4. The molecule has 0 spiro atoms. The molecular formula is C26H32N2O5. The summed E-state index contributed by atoms with van der Waals surface area (Å²) in [6.07, 6.45) is 0.690. The lowest BCUT2D eigenvalue weighted by molar-refractivity contribution is -0.149. The number of aliphatic carboxylic acids is 1. The number of carbonyl (C=O) groups is 3. The third-order valence-electron chi connectivity index (χ3n) is 6.01. The van der Waals surface area contributed by atoms with E-state index in [2.05, 4.69) is 0 Å². The van der Waals surface area contributed by atoms with Crippen LogP contribution in [0.4, 0.5) is 4.79 Å². The lowest BCUT2D eigenvalue weighted by atomic mass is 9.94. The summed E-state index contributed by atoms with van der Waals surface area (Å²) in [4.78, 5) is 41.5. The van der Waals surface area contributed by atoms with Gasteiger partial charge in [0.2, 0.25) is 0 Å². The normalized spacial score (nSPS) is 16.1. The molecule has 0 bridgehead atoms. The highest BCUT2D eigenvalue weighted by Crippen LogP contribution is 2.26. The highest BCUT2D eigenvalue weighted by Gasteiger charge is 2.38. The maximum atomic E-state index is 13.7. The Morgan fingerprint density at radius 2 is 1.70 bits per heavy atom. The monoisotopic (exact) mass is 452 g/mol. The minimum atomic E-state index is -1.03. The zero-order valence-electron chi connectivity index (χ0n) is 19.4. The van der Waals surface area contributed by atoms with Crippen LogP contribution in [-0.4, -0.2) is 58.1 Å². The van der Waals surface area contributed by atoms with Gasteiger partial charge in [-0.3, -0.25) is 4.79 Å². The molecule has 0 saturated carbocycles. The molecule has 2 atom stereocenters. The molecule has 0 radical (unpaired) electrons.